The molecule has 0 unspecified atom stereocenters. The van der Waals surface area contributed by atoms with Crippen LogP contribution in [0.5, 0.6) is 0 Å². The van der Waals surface area contributed by atoms with Gasteiger partial charge >= 0.3 is 0 Å². The van der Waals surface area contributed by atoms with Gasteiger partial charge in [0.15, 0.2) is 0 Å². The van der Waals surface area contributed by atoms with E-state index in [2.05, 4.69) is 10.0 Å². The summed E-state index contributed by atoms with van der Waals surface area (Å²) >= 11 is 0. The van der Waals surface area contributed by atoms with Gasteiger partial charge in [-0.3, -0.25) is 0 Å². The monoisotopic (exact) mass is 220 g/mol. The highest BCUT2D eigenvalue weighted by Crippen LogP contribution is 2.18. The molecule has 0 heterocycles. The van der Waals surface area contributed by atoms with Gasteiger partial charge in [0.05, 0.1) is 5.75 Å². The minimum atomic E-state index is -2.99. The van der Waals surface area contributed by atoms with E-state index >= 15 is 0 Å². The average molecular weight is 220 g/mol. The Hall–Kier alpha value is -0.130. The van der Waals surface area contributed by atoms with E-state index in [0.717, 1.165) is 25.4 Å². The zero-order valence-corrected chi connectivity index (χ0v) is 9.57. The van der Waals surface area contributed by atoms with Crippen LogP contribution in [0.3, 0.4) is 0 Å². The lowest BCUT2D eigenvalue weighted by molar-refractivity contribution is 0.575. The lowest BCUT2D eigenvalue weighted by Gasteiger charge is -2.04. The Morgan fingerprint density at radius 1 is 1.29 bits per heavy atom. The van der Waals surface area contributed by atoms with Gasteiger partial charge in [0.25, 0.3) is 0 Å². The van der Waals surface area contributed by atoms with E-state index in [9.17, 15) is 8.42 Å². The molecule has 1 saturated carbocycles. The minimum absolute atomic E-state index is 0.257. The van der Waals surface area contributed by atoms with E-state index in [4.69, 9.17) is 0 Å². The summed E-state index contributed by atoms with van der Waals surface area (Å²) in [7, 11) is -2.99. The van der Waals surface area contributed by atoms with E-state index in [1.165, 1.54) is 12.8 Å². The second-order valence-corrected chi connectivity index (χ2v) is 5.68. The lowest BCUT2D eigenvalue weighted by atomic mass is 10.3. The number of hydrogen-bond donors (Lipinski definition) is 2. The van der Waals surface area contributed by atoms with Crippen LogP contribution in [-0.4, -0.2) is 33.3 Å². The van der Waals surface area contributed by atoms with Crippen molar-refractivity contribution in [1.82, 2.24) is 10.0 Å². The number of nitrogens with one attached hydrogen (secondary N) is 2. The van der Waals surface area contributed by atoms with Gasteiger partial charge in [0.1, 0.15) is 0 Å². The molecule has 0 atom stereocenters. The van der Waals surface area contributed by atoms with Crippen molar-refractivity contribution >= 4 is 10.0 Å². The van der Waals surface area contributed by atoms with Crippen molar-refractivity contribution in [2.45, 2.75) is 38.6 Å². The van der Waals surface area contributed by atoms with Crippen LogP contribution in [0.25, 0.3) is 0 Å². The molecule has 1 aliphatic carbocycles. The first-order valence-corrected chi connectivity index (χ1v) is 7.00. The van der Waals surface area contributed by atoms with Crippen molar-refractivity contribution in [2.24, 2.45) is 0 Å². The van der Waals surface area contributed by atoms with Gasteiger partial charge in [-0.05, 0) is 32.2 Å². The molecule has 0 spiro atoms. The van der Waals surface area contributed by atoms with Gasteiger partial charge in [-0.1, -0.05) is 6.92 Å². The van der Waals surface area contributed by atoms with Crippen LogP contribution < -0.4 is 10.0 Å². The lowest BCUT2D eigenvalue weighted by Crippen LogP contribution is -2.26. The van der Waals surface area contributed by atoms with E-state index in [1.807, 2.05) is 0 Å². The van der Waals surface area contributed by atoms with E-state index < -0.39 is 10.0 Å². The maximum atomic E-state index is 11.2. The van der Waals surface area contributed by atoms with Crippen LogP contribution in [0.2, 0.25) is 0 Å². The van der Waals surface area contributed by atoms with Gasteiger partial charge < -0.3 is 5.32 Å². The third kappa shape index (κ3) is 5.57. The smallest absolute Gasteiger partial charge is 0.211 e. The predicted molar refractivity (Wildman–Crippen MR) is 57.7 cm³/mol. The Balaban J connectivity index is 1.96. The Bertz CT molecular complexity index is 248. The standard InChI is InChI=1S/C9H20N2O2S/c1-2-11-14(12,13)8-4-3-7-10-9-5-6-9/h9-11H,2-8H2,1H3. The molecule has 0 aromatic rings. The van der Waals surface area contributed by atoms with Crippen molar-refractivity contribution in [3.63, 3.8) is 0 Å². The van der Waals surface area contributed by atoms with Gasteiger partial charge in [-0.15, -0.1) is 0 Å². The molecule has 1 aliphatic rings. The molecule has 5 heteroatoms. The summed E-state index contributed by atoms with van der Waals surface area (Å²) in [6.45, 7) is 3.24. The molecule has 0 aromatic carbocycles. The second kappa shape index (κ2) is 5.68. The number of sulfonamides is 1. The SMILES string of the molecule is CCNS(=O)(=O)CCCCNC1CC1. The zero-order valence-electron chi connectivity index (χ0n) is 8.75. The van der Waals surface area contributed by atoms with Crippen LogP contribution in [0.4, 0.5) is 0 Å². The topological polar surface area (TPSA) is 58.2 Å². The van der Waals surface area contributed by atoms with Crippen LogP contribution in [0, 0.1) is 0 Å². The highest BCUT2D eigenvalue weighted by atomic mass is 32.2. The van der Waals surface area contributed by atoms with Crippen molar-refractivity contribution in [3.05, 3.63) is 0 Å². The van der Waals surface area contributed by atoms with Crippen molar-refractivity contribution < 1.29 is 8.42 Å². The van der Waals surface area contributed by atoms with Crippen LogP contribution in [0.15, 0.2) is 0 Å². The zero-order chi connectivity index (χ0) is 10.4. The Kier molecular flexibility index (Phi) is 4.84. The van der Waals surface area contributed by atoms with E-state index in [0.29, 0.717) is 6.54 Å². The summed E-state index contributed by atoms with van der Waals surface area (Å²) in [5, 5.41) is 3.36. The first-order chi connectivity index (χ1) is 6.64. The quantitative estimate of drug-likeness (QED) is 0.584. The highest BCUT2D eigenvalue weighted by Gasteiger charge is 2.19. The Morgan fingerprint density at radius 2 is 2.00 bits per heavy atom. The molecule has 2 N–H and O–H groups in total. The third-order valence-electron chi connectivity index (χ3n) is 2.21. The number of rotatable bonds is 8. The summed E-state index contributed by atoms with van der Waals surface area (Å²) in [6.07, 6.45) is 4.27. The summed E-state index contributed by atoms with van der Waals surface area (Å²) < 4.78 is 24.9. The first kappa shape index (κ1) is 11.9. The van der Waals surface area contributed by atoms with Gasteiger partial charge in [-0.25, -0.2) is 13.1 Å². The normalized spacial score (nSPS) is 17.2. The van der Waals surface area contributed by atoms with Crippen molar-refractivity contribution in [2.75, 3.05) is 18.8 Å². The molecule has 0 aliphatic heterocycles. The summed E-state index contributed by atoms with van der Waals surface area (Å²) in [5.74, 6) is 0.257. The van der Waals surface area contributed by atoms with E-state index in [-0.39, 0.29) is 5.75 Å². The largest absolute Gasteiger partial charge is 0.314 e. The van der Waals surface area contributed by atoms with Gasteiger partial charge in [0, 0.05) is 12.6 Å². The second-order valence-electron chi connectivity index (χ2n) is 3.75. The third-order valence-corrected chi connectivity index (χ3v) is 3.77. The minimum Gasteiger partial charge on any atom is -0.314 e. The van der Waals surface area contributed by atoms with Gasteiger partial charge in [0.2, 0.25) is 10.0 Å². The molecule has 0 amide bonds. The van der Waals surface area contributed by atoms with Crippen molar-refractivity contribution in [3.8, 4) is 0 Å². The summed E-state index contributed by atoms with van der Waals surface area (Å²) in [5.41, 5.74) is 0. The maximum absolute atomic E-state index is 11.2. The fraction of sp³-hybridized carbons (Fsp3) is 1.00. The summed E-state index contributed by atoms with van der Waals surface area (Å²) in [4.78, 5) is 0. The molecule has 0 saturated heterocycles. The molecule has 0 aromatic heterocycles. The van der Waals surface area contributed by atoms with Crippen LogP contribution in [-0.2, 0) is 10.0 Å². The first-order valence-electron chi connectivity index (χ1n) is 5.35. The molecule has 4 nitrogen and oxygen atoms in total. The predicted octanol–water partition coefficient (Wildman–Crippen LogP) is 0.458. The summed E-state index contributed by atoms with van der Waals surface area (Å²) in [6, 6.07) is 0.723. The van der Waals surface area contributed by atoms with Crippen LogP contribution >= 0.6 is 0 Å². The fourth-order valence-corrected chi connectivity index (χ4v) is 2.47. The van der Waals surface area contributed by atoms with Crippen molar-refractivity contribution in [1.29, 1.82) is 0 Å². The Labute approximate surface area is 86.5 Å². The van der Waals surface area contributed by atoms with Gasteiger partial charge in [-0.2, -0.15) is 0 Å². The highest BCUT2D eigenvalue weighted by molar-refractivity contribution is 7.89. The van der Waals surface area contributed by atoms with Crippen LogP contribution in [0.1, 0.15) is 32.6 Å². The van der Waals surface area contributed by atoms with E-state index in [1.54, 1.807) is 6.92 Å². The fourth-order valence-electron chi connectivity index (χ4n) is 1.30. The molecule has 1 rings (SSSR count). The molecule has 0 bridgehead atoms. The molecular weight excluding hydrogens is 200 g/mol. The Morgan fingerprint density at radius 3 is 2.57 bits per heavy atom. The molecule has 84 valence electrons. The molecular formula is C9H20N2O2S. The molecule has 14 heavy (non-hydrogen) atoms. The number of hydrogen-bond acceptors (Lipinski definition) is 3. The maximum Gasteiger partial charge on any atom is 0.211 e. The average Bonchev–Trinajstić information content (AvgIpc) is 2.87. The number of unbranched alkanes of at least 4 members (excludes halogenated alkanes) is 1. The molecule has 1 fully saturated rings. The molecule has 0 radical (unpaired) electrons.